The SMILES string of the molecule is O=C(c1ccc(F)c(F)c1)N1CCN2C(=O)c3ccccc3[C@@]12c1ccc(N2CCC(C(F)(F)F)CC2)cc1. The molecule has 3 aromatic carbocycles. The summed E-state index contributed by atoms with van der Waals surface area (Å²) in [6.07, 6.45) is -4.17. The van der Waals surface area contributed by atoms with Crippen molar-refractivity contribution in [1.29, 1.82) is 0 Å². The van der Waals surface area contributed by atoms with Gasteiger partial charge in [-0.1, -0.05) is 30.3 Å². The van der Waals surface area contributed by atoms with Crippen LogP contribution in [-0.2, 0) is 5.66 Å². The van der Waals surface area contributed by atoms with Crippen LogP contribution in [-0.4, -0.2) is 54.0 Å². The Kier molecular flexibility index (Phi) is 5.89. The van der Waals surface area contributed by atoms with E-state index < -0.39 is 35.3 Å². The summed E-state index contributed by atoms with van der Waals surface area (Å²) in [6, 6.07) is 17.1. The first-order chi connectivity index (χ1) is 18.6. The van der Waals surface area contributed by atoms with Crippen LogP contribution in [0.4, 0.5) is 27.6 Å². The molecule has 3 aliphatic heterocycles. The number of benzene rings is 3. The number of piperidine rings is 1. The van der Waals surface area contributed by atoms with E-state index in [0.29, 0.717) is 16.7 Å². The molecule has 6 rings (SSSR count). The maximum atomic E-state index is 14.0. The van der Waals surface area contributed by atoms with Crippen molar-refractivity contribution in [2.24, 2.45) is 5.92 Å². The van der Waals surface area contributed by atoms with Gasteiger partial charge in [0, 0.05) is 54.1 Å². The summed E-state index contributed by atoms with van der Waals surface area (Å²) in [5.41, 5.74) is 1.05. The molecule has 3 heterocycles. The van der Waals surface area contributed by atoms with E-state index in [1.54, 1.807) is 53.4 Å². The van der Waals surface area contributed by atoms with Crippen LogP contribution < -0.4 is 4.90 Å². The lowest BCUT2D eigenvalue weighted by Gasteiger charge is -2.41. The summed E-state index contributed by atoms with van der Waals surface area (Å²) >= 11 is 0. The van der Waals surface area contributed by atoms with Crippen LogP contribution in [0.2, 0.25) is 0 Å². The molecule has 2 saturated heterocycles. The van der Waals surface area contributed by atoms with Crippen molar-refractivity contribution in [2.45, 2.75) is 24.7 Å². The van der Waals surface area contributed by atoms with Crippen LogP contribution in [0.3, 0.4) is 0 Å². The van der Waals surface area contributed by atoms with Crippen molar-refractivity contribution in [3.8, 4) is 0 Å². The molecule has 0 aromatic heterocycles. The van der Waals surface area contributed by atoms with Crippen LogP contribution in [0.5, 0.6) is 0 Å². The third-order valence-electron chi connectivity index (χ3n) is 8.11. The molecule has 0 unspecified atom stereocenters. The molecule has 3 aliphatic rings. The molecule has 0 bridgehead atoms. The molecule has 5 nitrogen and oxygen atoms in total. The minimum absolute atomic E-state index is 0.0152. The monoisotopic (exact) mass is 541 g/mol. The lowest BCUT2D eigenvalue weighted by molar-refractivity contribution is -0.179. The normalized spacial score (nSPS) is 21.4. The first kappa shape index (κ1) is 25.3. The average molecular weight is 542 g/mol. The van der Waals surface area contributed by atoms with Gasteiger partial charge in [-0.15, -0.1) is 0 Å². The summed E-state index contributed by atoms with van der Waals surface area (Å²) in [7, 11) is 0. The number of nitrogens with zero attached hydrogens (tertiary/aromatic N) is 3. The maximum absolute atomic E-state index is 14.0. The van der Waals surface area contributed by atoms with Gasteiger partial charge in [-0.05, 0) is 49.2 Å². The van der Waals surface area contributed by atoms with E-state index in [1.165, 1.54) is 11.0 Å². The van der Waals surface area contributed by atoms with Gasteiger partial charge in [0.15, 0.2) is 17.3 Å². The fourth-order valence-electron chi connectivity index (χ4n) is 6.20. The molecule has 3 aromatic rings. The highest BCUT2D eigenvalue weighted by molar-refractivity contribution is 6.03. The molecule has 39 heavy (non-hydrogen) atoms. The van der Waals surface area contributed by atoms with E-state index in [9.17, 15) is 31.5 Å². The lowest BCUT2D eigenvalue weighted by atomic mass is 9.89. The number of alkyl halides is 3. The topological polar surface area (TPSA) is 43.9 Å². The zero-order chi connectivity index (χ0) is 27.5. The predicted octanol–water partition coefficient (Wildman–Crippen LogP) is 5.56. The Labute approximate surface area is 221 Å². The summed E-state index contributed by atoms with van der Waals surface area (Å²) in [6.45, 7) is 0.936. The van der Waals surface area contributed by atoms with Crippen LogP contribution in [0.15, 0.2) is 66.7 Å². The predicted molar refractivity (Wildman–Crippen MR) is 133 cm³/mol. The van der Waals surface area contributed by atoms with Gasteiger partial charge in [-0.25, -0.2) is 8.78 Å². The minimum Gasteiger partial charge on any atom is -0.372 e. The van der Waals surface area contributed by atoms with Gasteiger partial charge in [-0.3, -0.25) is 9.59 Å². The molecular weight excluding hydrogens is 517 g/mol. The summed E-state index contributed by atoms with van der Waals surface area (Å²) in [5.74, 6) is -4.33. The minimum atomic E-state index is -4.20. The van der Waals surface area contributed by atoms with Crippen molar-refractivity contribution in [3.05, 3.63) is 101 Å². The van der Waals surface area contributed by atoms with Crippen LogP contribution >= 0.6 is 0 Å². The summed E-state index contributed by atoms with van der Waals surface area (Å²) in [4.78, 5) is 32.3. The molecule has 2 amide bonds. The van der Waals surface area contributed by atoms with Crippen molar-refractivity contribution in [1.82, 2.24) is 9.80 Å². The second kappa shape index (κ2) is 9.07. The molecule has 202 valence electrons. The Hall–Kier alpha value is -3.95. The van der Waals surface area contributed by atoms with E-state index in [-0.39, 0.29) is 50.5 Å². The zero-order valence-corrected chi connectivity index (χ0v) is 20.7. The number of fused-ring (bicyclic) bond motifs is 3. The Balaban J connectivity index is 1.39. The second-order valence-electron chi connectivity index (χ2n) is 10.1. The molecule has 1 atom stereocenters. The Morgan fingerprint density at radius 1 is 0.846 bits per heavy atom. The third kappa shape index (κ3) is 3.87. The summed E-state index contributed by atoms with van der Waals surface area (Å²) < 4.78 is 67.0. The van der Waals surface area contributed by atoms with Gasteiger partial charge in [0.25, 0.3) is 11.8 Å². The number of carbonyl (C=O) groups is 2. The van der Waals surface area contributed by atoms with Gasteiger partial charge in [0.2, 0.25) is 0 Å². The molecule has 0 aliphatic carbocycles. The van der Waals surface area contributed by atoms with Crippen molar-refractivity contribution in [2.75, 3.05) is 31.1 Å². The molecule has 0 spiro atoms. The Bertz CT molecular complexity index is 1450. The Morgan fingerprint density at radius 2 is 1.54 bits per heavy atom. The number of halogens is 5. The van der Waals surface area contributed by atoms with E-state index in [2.05, 4.69) is 0 Å². The van der Waals surface area contributed by atoms with E-state index >= 15 is 0 Å². The van der Waals surface area contributed by atoms with Crippen LogP contribution in [0, 0.1) is 17.6 Å². The largest absolute Gasteiger partial charge is 0.391 e. The van der Waals surface area contributed by atoms with Crippen LogP contribution in [0.1, 0.15) is 44.7 Å². The number of hydrogen-bond donors (Lipinski definition) is 0. The van der Waals surface area contributed by atoms with Crippen molar-refractivity contribution < 1.29 is 31.5 Å². The van der Waals surface area contributed by atoms with E-state index in [4.69, 9.17) is 0 Å². The highest BCUT2D eigenvalue weighted by Crippen LogP contribution is 2.50. The fourth-order valence-corrected chi connectivity index (χ4v) is 6.20. The number of hydrogen-bond acceptors (Lipinski definition) is 3. The van der Waals surface area contributed by atoms with Crippen molar-refractivity contribution >= 4 is 17.5 Å². The molecule has 0 radical (unpaired) electrons. The Morgan fingerprint density at radius 3 is 2.21 bits per heavy atom. The zero-order valence-electron chi connectivity index (χ0n) is 20.7. The maximum Gasteiger partial charge on any atom is 0.391 e. The fraction of sp³-hybridized carbons (Fsp3) is 0.310. The van der Waals surface area contributed by atoms with Gasteiger partial charge in [-0.2, -0.15) is 13.2 Å². The summed E-state index contributed by atoms with van der Waals surface area (Å²) in [5, 5.41) is 0. The number of anilines is 1. The van der Waals surface area contributed by atoms with Gasteiger partial charge in [0.1, 0.15) is 0 Å². The highest BCUT2D eigenvalue weighted by atomic mass is 19.4. The average Bonchev–Trinajstić information content (AvgIpc) is 3.45. The first-order valence-corrected chi connectivity index (χ1v) is 12.7. The molecule has 10 heteroatoms. The van der Waals surface area contributed by atoms with E-state index in [0.717, 1.165) is 17.8 Å². The number of carbonyl (C=O) groups excluding carboxylic acids is 2. The highest BCUT2D eigenvalue weighted by Gasteiger charge is 2.59. The number of amides is 2. The molecular formula is C29H24F5N3O2. The van der Waals surface area contributed by atoms with Crippen molar-refractivity contribution in [3.63, 3.8) is 0 Å². The van der Waals surface area contributed by atoms with E-state index in [1.807, 2.05) is 4.90 Å². The number of rotatable bonds is 3. The molecule has 2 fully saturated rings. The standard InChI is InChI=1S/C29H24F5N3O2/c30-24-10-5-18(17-25(24)31)26(38)36-15-16-37-27(39)22-3-1-2-4-23(22)28(36,37)19-6-8-21(9-7-19)35-13-11-20(12-14-35)29(32,33)34/h1-10,17,20H,11-16H2/t28-/m0/s1. The molecule has 0 saturated carbocycles. The third-order valence-corrected chi connectivity index (χ3v) is 8.11. The quantitative estimate of drug-likeness (QED) is 0.408. The van der Waals surface area contributed by atoms with Gasteiger partial charge >= 0.3 is 6.18 Å². The first-order valence-electron chi connectivity index (χ1n) is 12.7. The molecule has 0 N–H and O–H groups in total. The van der Waals surface area contributed by atoms with Gasteiger partial charge < -0.3 is 14.7 Å². The lowest BCUT2D eigenvalue weighted by Crippen LogP contribution is -2.51. The smallest absolute Gasteiger partial charge is 0.372 e. The van der Waals surface area contributed by atoms with Crippen LogP contribution in [0.25, 0.3) is 0 Å². The van der Waals surface area contributed by atoms with Gasteiger partial charge in [0.05, 0.1) is 5.92 Å². The second-order valence-corrected chi connectivity index (χ2v) is 10.1.